The zero-order valence-electron chi connectivity index (χ0n) is 39.4. The Bertz CT molecular complexity index is 2710. The normalized spacial score (nSPS) is 24.9. The number of aryl methyl sites for hydroxylation is 2. The van der Waals surface area contributed by atoms with Crippen molar-refractivity contribution in [3.05, 3.63) is 95.3 Å². The van der Waals surface area contributed by atoms with Crippen LogP contribution in [0, 0.1) is 58.6 Å². The number of anilines is 4. The SMILES string of the molecule is COc1cc(N2C[C@H]3CC[C@@H](C2)C3Nc2nc3n(n2)CCC[C@@H]3Oc2ccc(F)c(F)c2F)cnn1.COc1cc(N2C[C@H]3CC[C@@H](C2)C3Nc2nc3n(n2)CCC[C@H]3Oc2ccc(F)c(F)c2F)cnn1. The molecule has 12 rings (SSSR count). The monoisotopic (exact) mass is 1000 g/mol. The predicted octanol–water partition coefficient (Wildman–Crippen LogP) is 7.47. The van der Waals surface area contributed by atoms with Crippen molar-refractivity contribution in [1.82, 2.24) is 49.9 Å². The van der Waals surface area contributed by atoms with Crippen LogP contribution in [0.25, 0.3) is 0 Å². The van der Waals surface area contributed by atoms with Crippen LogP contribution in [0.2, 0.25) is 0 Å². The molecule has 0 radical (unpaired) electrons. The summed E-state index contributed by atoms with van der Waals surface area (Å²) in [6.07, 6.45) is 9.36. The lowest BCUT2D eigenvalue weighted by Crippen LogP contribution is -2.48. The molecule has 0 amide bonds. The molecule has 4 aliphatic heterocycles. The van der Waals surface area contributed by atoms with Crippen molar-refractivity contribution in [2.45, 2.75) is 88.7 Å². The van der Waals surface area contributed by atoms with Crippen LogP contribution in [-0.4, -0.2) is 102 Å². The van der Waals surface area contributed by atoms with E-state index in [1.165, 1.54) is 0 Å². The van der Waals surface area contributed by atoms with E-state index in [0.717, 1.165) is 100 Å². The number of hydrogen-bond acceptors (Lipinski definition) is 16. The smallest absolute Gasteiger partial charge is 0.242 e. The first-order chi connectivity index (χ1) is 35.0. The summed E-state index contributed by atoms with van der Waals surface area (Å²) in [5, 5.41) is 32.4. The topological polar surface area (TPSA) is 180 Å². The van der Waals surface area contributed by atoms with Crippen LogP contribution in [0.5, 0.6) is 23.3 Å². The molecule has 18 nitrogen and oxygen atoms in total. The average Bonchev–Trinajstić information content (AvgIpc) is 4.13. The third kappa shape index (κ3) is 9.30. The highest BCUT2D eigenvalue weighted by atomic mass is 19.2. The molecule has 4 fully saturated rings. The lowest BCUT2D eigenvalue weighted by molar-refractivity contribution is 0.147. The standard InChI is InChI=1S/2C24H26F3N7O2/c2*1-35-19-9-15(10-28-31-19)33-11-13-4-5-14(12-33)22(13)29-24-30-23-18(3-2-8-34(23)32-24)36-17-7-6-16(25)20(26)21(17)27/h2*6-7,9-10,13-14,18,22H,2-5,8,11-12H2,1H3,(H,29,32)/t2*13-,14+,18-,22?/m10/s1. The first kappa shape index (κ1) is 47.2. The number of nitrogens with zero attached hydrogens (tertiary/aromatic N) is 12. The van der Waals surface area contributed by atoms with Crippen LogP contribution in [0.15, 0.2) is 48.8 Å². The van der Waals surface area contributed by atoms with E-state index in [4.69, 9.17) is 18.9 Å². The van der Waals surface area contributed by atoms with Gasteiger partial charge in [-0.3, -0.25) is 0 Å². The van der Waals surface area contributed by atoms with E-state index in [1.54, 1.807) is 36.0 Å². The van der Waals surface area contributed by atoms with Gasteiger partial charge in [0, 0.05) is 63.5 Å². The molecular formula is C48H52F6N14O4. The van der Waals surface area contributed by atoms with Gasteiger partial charge in [-0.2, -0.15) is 28.9 Å². The zero-order chi connectivity index (χ0) is 49.6. The molecule has 8 atom stereocenters. The molecule has 6 aliphatic rings. The Morgan fingerprint density at radius 1 is 0.528 bits per heavy atom. The molecule has 24 heteroatoms. The van der Waals surface area contributed by atoms with Gasteiger partial charge in [0.15, 0.2) is 58.6 Å². The van der Waals surface area contributed by atoms with E-state index in [0.29, 0.717) is 84.9 Å². The highest BCUT2D eigenvalue weighted by Gasteiger charge is 2.45. The van der Waals surface area contributed by atoms with Gasteiger partial charge in [-0.25, -0.2) is 26.9 Å². The fourth-order valence-corrected chi connectivity index (χ4v) is 11.3. The molecule has 2 N–H and O–H groups in total. The first-order valence-electron chi connectivity index (χ1n) is 24.3. The number of piperidine rings is 2. The maximum Gasteiger partial charge on any atom is 0.242 e. The minimum atomic E-state index is -1.55. The quantitative estimate of drug-likeness (QED) is 0.0910. The number of nitrogens with one attached hydrogen (secondary N) is 2. The maximum atomic E-state index is 14.2. The first-order valence-corrected chi connectivity index (χ1v) is 24.3. The number of ether oxygens (including phenoxy) is 4. The second-order valence-corrected chi connectivity index (χ2v) is 19.1. The summed E-state index contributed by atoms with van der Waals surface area (Å²) >= 11 is 0. The van der Waals surface area contributed by atoms with Gasteiger partial charge in [-0.1, -0.05) is 0 Å². The van der Waals surface area contributed by atoms with E-state index < -0.39 is 47.1 Å². The molecule has 2 aliphatic carbocycles. The van der Waals surface area contributed by atoms with Gasteiger partial charge < -0.3 is 39.4 Å². The lowest BCUT2D eigenvalue weighted by Gasteiger charge is -2.39. The number of aromatic nitrogens is 10. The fraction of sp³-hybridized carbons (Fsp3) is 0.500. The van der Waals surface area contributed by atoms with Crippen LogP contribution in [0.4, 0.5) is 49.6 Å². The van der Waals surface area contributed by atoms with Gasteiger partial charge in [0.1, 0.15) is 0 Å². The van der Waals surface area contributed by atoms with Gasteiger partial charge in [-0.05, 0) is 99.3 Å². The second kappa shape index (κ2) is 19.8. The van der Waals surface area contributed by atoms with E-state index >= 15 is 0 Å². The summed E-state index contributed by atoms with van der Waals surface area (Å²) < 4.78 is 108. The Labute approximate surface area is 409 Å². The molecule has 0 spiro atoms. The summed E-state index contributed by atoms with van der Waals surface area (Å²) in [5.41, 5.74) is 1.99. The van der Waals surface area contributed by atoms with Crippen LogP contribution < -0.4 is 39.4 Å². The number of fused-ring (bicyclic) bond motifs is 6. The van der Waals surface area contributed by atoms with Gasteiger partial charge in [0.05, 0.1) is 38.0 Å². The summed E-state index contributed by atoms with van der Waals surface area (Å²) in [7, 11) is 3.16. The van der Waals surface area contributed by atoms with Crippen LogP contribution in [-0.2, 0) is 13.1 Å². The summed E-state index contributed by atoms with van der Waals surface area (Å²) in [6.45, 7) is 4.81. The Morgan fingerprint density at radius 3 is 1.32 bits per heavy atom. The molecule has 380 valence electrons. The Balaban J connectivity index is 0.000000156. The summed E-state index contributed by atoms with van der Waals surface area (Å²) in [6, 6.07) is 8.17. The molecular weight excluding hydrogens is 951 g/mol. The third-order valence-corrected chi connectivity index (χ3v) is 14.8. The van der Waals surface area contributed by atoms with Crippen LogP contribution in [0.3, 0.4) is 0 Å². The van der Waals surface area contributed by atoms with Crippen molar-refractivity contribution < 1.29 is 45.3 Å². The number of methoxy groups -OCH3 is 2. The van der Waals surface area contributed by atoms with Gasteiger partial charge in [-0.15, -0.1) is 20.4 Å². The number of halogens is 6. The van der Waals surface area contributed by atoms with Gasteiger partial charge in [0.2, 0.25) is 35.3 Å². The minimum absolute atomic E-state index is 0.227. The highest BCUT2D eigenvalue weighted by Crippen LogP contribution is 2.43. The summed E-state index contributed by atoms with van der Waals surface area (Å²) in [4.78, 5) is 14.0. The molecule has 72 heavy (non-hydrogen) atoms. The zero-order valence-corrected chi connectivity index (χ0v) is 39.4. The average molecular weight is 1000 g/mol. The van der Waals surface area contributed by atoms with Crippen molar-refractivity contribution >= 4 is 23.3 Å². The van der Waals surface area contributed by atoms with Crippen LogP contribution in [0.1, 0.15) is 75.2 Å². The Hall–Kier alpha value is -7.14. The van der Waals surface area contributed by atoms with Gasteiger partial charge >= 0.3 is 0 Å². The predicted molar refractivity (Wildman–Crippen MR) is 247 cm³/mol. The van der Waals surface area contributed by atoms with E-state index in [9.17, 15) is 26.3 Å². The van der Waals surface area contributed by atoms with E-state index in [2.05, 4.69) is 61.0 Å². The number of rotatable bonds is 12. The Morgan fingerprint density at radius 2 is 0.931 bits per heavy atom. The molecule has 4 aromatic heterocycles. The molecule has 2 saturated heterocycles. The molecule has 8 heterocycles. The Kier molecular flexibility index (Phi) is 13.0. The third-order valence-electron chi connectivity index (χ3n) is 14.8. The largest absolute Gasteiger partial charge is 0.480 e. The van der Waals surface area contributed by atoms with E-state index in [1.807, 2.05) is 12.1 Å². The van der Waals surface area contributed by atoms with Crippen molar-refractivity contribution in [2.75, 3.05) is 60.8 Å². The molecule has 6 aromatic rings. The molecule has 2 unspecified atom stereocenters. The van der Waals surface area contributed by atoms with Crippen LogP contribution >= 0.6 is 0 Å². The van der Waals surface area contributed by atoms with Crippen molar-refractivity contribution in [2.24, 2.45) is 23.7 Å². The molecule has 2 saturated carbocycles. The van der Waals surface area contributed by atoms with Crippen molar-refractivity contribution in [3.63, 3.8) is 0 Å². The molecule has 2 aromatic carbocycles. The summed E-state index contributed by atoms with van der Waals surface area (Å²) in [5.74, 6) is -4.21. The number of hydrogen-bond donors (Lipinski definition) is 2. The van der Waals surface area contributed by atoms with Gasteiger partial charge in [0.25, 0.3) is 0 Å². The maximum absolute atomic E-state index is 14.2. The van der Waals surface area contributed by atoms with E-state index in [-0.39, 0.29) is 23.6 Å². The number of benzene rings is 2. The lowest BCUT2D eigenvalue weighted by atomic mass is 9.92. The minimum Gasteiger partial charge on any atom is -0.480 e. The van der Waals surface area contributed by atoms with Crippen molar-refractivity contribution in [1.29, 1.82) is 0 Å². The molecule has 4 bridgehead atoms. The second-order valence-electron chi connectivity index (χ2n) is 19.1. The highest BCUT2D eigenvalue weighted by molar-refractivity contribution is 5.49. The fourth-order valence-electron chi connectivity index (χ4n) is 11.3. The van der Waals surface area contributed by atoms with Crippen molar-refractivity contribution in [3.8, 4) is 23.3 Å².